The zero-order valence-corrected chi connectivity index (χ0v) is 12.5. The number of likely N-dealkylation sites (tertiary alicyclic amines) is 1. The summed E-state index contributed by atoms with van der Waals surface area (Å²) in [4.78, 5) is 0. The van der Waals surface area contributed by atoms with Crippen LogP contribution in [-0.4, -0.2) is 24.6 Å². The van der Waals surface area contributed by atoms with Gasteiger partial charge in [-0.05, 0) is 43.6 Å². The van der Waals surface area contributed by atoms with E-state index in [4.69, 9.17) is 0 Å². The van der Waals surface area contributed by atoms with Crippen molar-refractivity contribution in [1.29, 1.82) is 0 Å². The molecule has 2 aliphatic rings. The minimum absolute atomic E-state index is 0.457. The molecule has 2 fully saturated rings. The third-order valence-electron chi connectivity index (χ3n) is 5.58. The average Bonchev–Trinajstić information content (AvgIpc) is 2.94. The first-order valence-electron chi connectivity index (χ1n) is 7.64. The summed E-state index contributed by atoms with van der Waals surface area (Å²) in [6.07, 6.45) is 11.5. The van der Waals surface area contributed by atoms with Crippen LogP contribution in [-0.2, 0) is 5.54 Å². The van der Waals surface area contributed by atoms with Gasteiger partial charge < -0.3 is 4.48 Å². The van der Waals surface area contributed by atoms with E-state index in [0.717, 1.165) is 0 Å². The molecule has 1 aromatic heterocycles. The van der Waals surface area contributed by atoms with Crippen molar-refractivity contribution in [3.63, 3.8) is 0 Å². The van der Waals surface area contributed by atoms with Crippen molar-refractivity contribution in [1.82, 2.24) is 0 Å². The summed E-state index contributed by atoms with van der Waals surface area (Å²) in [5.41, 5.74) is 2.11. The third-order valence-corrected chi connectivity index (χ3v) is 6.26. The van der Waals surface area contributed by atoms with Gasteiger partial charge in [-0.3, -0.25) is 0 Å². The van der Waals surface area contributed by atoms with Gasteiger partial charge in [-0.2, -0.15) is 11.3 Å². The fourth-order valence-corrected chi connectivity index (χ4v) is 5.19. The van der Waals surface area contributed by atoms with Crippen molar-refractivity contribution < 1.29 is 4.48 Å². The lowest BCUT2D eigenvalue weighted by molar-refractivity contribution is -0.973. The second-order valence-corrected chi connectivity index (χ2v) is 7.29. The second kappa shape index (κ2) is 4.97. The number of quaternary nitrogens is 1. The Bertz CT molecular complexity index is 370. The summed E-state index contributed by atoms with van der Waals surface area (Å²) < 4.78 is 1.32. The maximum atomic E-state index is 2.54. The van der Waals surface area contributed by atoms with E-state index in [-0.39, 0.29) is 0 Å². The highest BCUT2D eigenvalue weighted by Crippen LogP contribution is 2.48. The summed E-state index contributed by atoms with van der Waals surface area (Å²) in [5.74, 6) is 0. The predicted octanol–water partition coefficient (Wildman–Crippen LogP) is 4.54. The zero-order chi connectivity index (χ0) is 12.5. The third kappa shape index (κ3) is 1.94. The van der Waals surface area contributed by atoms with Crippen molar-refractivity contribution in [2.75, 3.05) is 20.1 Å². The normalized spacial score (nSPS) is 26.9. The van der Waals surface area contributed by atoms with Crippen LogP contribution in [0.1, 0.15) is 56.9 Å². The molecule has 3 rings (SSSR count). The van der Waals surface area contributed by atoms with Gasteiger partial charge in [0.1, 0.15) is 5.54 Å². The molecule has 18 heavy (non-hydrogen) atoms. The van der Waals surface area contributed by atoms with Crippen LogP contribution in [0.25, 0.3) is 0 Å². The molecule has 0 bridgehead atoms. The topological polar surface area (TPSA) is 0 Å². The molecular weight excluding hydrogens is 238 g/mol. The van der Waals surface area contributed by atoms with Gasteiger partial charge in [-0.1, -0.05) is 6.42 Å². The maximum Gasteiger partial charge on any atom is 0.125 e. The first kappa shape index (κ1) is 12.7. The Hall–Kier alpha value is -0.340. The Morgan fingerprint density at radius 2 is 1.67 bits per heavy atom. The molecule has 0 radical (unpaired) electrons. The molecule has 100 valence electrons. The maximum absolute atomic E-state index is 2.54. The molecule has 1 aliphatic carbocycles. The Balaban J connectivity index is 1.98. The van der Waals surface area contributed by atoms with Crippen molar-refractivity contribution in [2.45, 2.75) is 56.9 Å². The summed E-state index contributed by atoms with van der Waals surface area (Å²) >= 11 is 1.88. The van der Waals surface area contributed by atoms with Crippen molar-refractivity contribution in [3.8, 4) is 0 Å². The van der Waals surface area contributed by atoms with Gasteiger partial charge in [0.25, 0.3) is 0 Å². The fourth-order valence-electron chi connectivity index (χ4n) is 4.44. The van der Waals surface area contributed by atoms with Crippen LogP contribution < -0.4 is 0 Å². The van der Waals surface area contributed by atoms with E-state index in [1.807, 2.05) is 11.3 Å². The Kier molecular flexibility index (Phi) is 3.50. The number of hydrogen-bond acceptors (Lipinski definition) is 1. The lowest BCUT2D eigenvalue weighted by Crippen LogP contribution is -2.62. The molecule has 1 saturated heterocycles. The predicted molar refractivity (Wildman–Crippen MR) is 78.9 cm³/mol. The van der Waals surface area contributed by atoms with Crippen LogP contribution in [0, 0.1) is 0 Å². The molecule has 2 heterocycles. The van der Waals surface area contributed by atoms with E-state index >= 15 is 0 Å². The smallest absolute Gasteiger partial charge is 0.125 e. The van der Waals surface area contributed by atoms with E-state index in [2.05, 4.69) is 23.9 Å². The van der Waals surface area contributed by atoms with Crippen LogP contribution >= 0.6 is 11.3 Å². The molecule has 0 aromatic carbocycles. The van der Waals surface area contributed by atoms with Crippen LogP contribution in [0.4, 0.5) is 0 Å². The highest BCUT2D eigenvalue weighted by molar-refractivity contribution is 7.08. The van der Waals surface area contributed by atoms with E-state index in [9.17, 15) is 0 Å². The van der Waals surface area contributed by atoms with Crippen LogP contribution in [0.3, 0.4) is 0 Å². The number of thiophene rings is 1. The van der Waals surface area contributed by atoms with Crippen molar-refractivity contribution in [2.24, 2.45) is 0 Å². The van der Waals surface area contributed by atoms with E-state index in [1.54, 1.807) is 5.56 Å². The lowest BCUT2D eigenvalue weighted by Gasteiger charge is -2.54. The molecule has 2 heteroatoms. The summed E-state index contributed by atoms with van der Waals surface area (Å²) in [6.45, 7) is 2.80. The van der Waals surface area contributed by atoms with E-state index in [1.165, 1.54) is 68.9 Å². The molecule has 0 unspecified atom stereocenters. The largest absolute Gasteiger partial charge is 0.317 e. The van der Waals surface area contributed by atoms with Gasteiger partial charge in [0.2, 0.25) is 0 Å². The SMILES string of the molecule is C[N+]1(C2(c3ccsc3)CCCCC2)CCCCC1. The first-order chi connectivity index (χ1) is 8.77. The van der Waals surface area contributed by atoms with Crippen molar-refractivity contribution in [3.05, 3.63) is 22.4 Å². The van der Waals surface area contributed by atoms with Gasteiger partial charge in [0, 0.05) is 23.8 Å². The fraction of sp³-hybridized carbons (Fsp3) is 0.750. The monoisotopic (exact) mass is 264 g/mol. The van der Waals surface area contributed by atoms with E-state index in [0.29, 0.717) is 5.54 Å². The highest BCUT2D eigenvalue weighted by Gasteiger charge is 2.50. The van der Waals surface area contributed by atoms with Crippen LogP contribution in [0.5, 0.6) is 0 Å². The van der Waals surface area contributed by atoms with Gasteiger partial charge in [0.05, 0.1) is 20.1 Å². The molecule has 0 spiro atoms. The second-order valence-electron chi connectivity index (χ2n) is 6.51. The number of hydrogen-bond donors (Lipinski definition) is 0. The minimum atomic E-state index is 0.457. The molecule has 0 atom stereocenters. The van der Waals surface area contributed by atoms with Gasteiger partial charge in [-0.25, -0.2) is 0 Å². The standard InChI is InChI=1S/C16H26NS/c1-17(11-6-3-7-12-17)16(9-4-2-5-10-16)15-8-13-18-14-15/h8,13-14H,2-7,9-12H2,1H3/q+1. The quantitative estimate of drug-likeness (QED) is 0.688. The number of rotatable bonds is 2. The van der Waals surface area contributed by atoms with Crippen LogP contribution in [0.2, 0.25) is 0 Å². The molecule has 0 amide bonds. The lowest BCUT2D eigenvalue weighted by atomic mass is 9.73. The summed E-state index contributed by atoms with van der Waals surface area (Å²) in [6, 6.07) is 2.41. The first-order valence-corrected chi connectivity index (χ1v) is 8.59. The van der Waals surface area contributed by atoms with Gasteiger partial charge >= 0.3 is 0 Å². The molecule has 0 N–H and O–H groups in total. The zero-order valence-electron chi connectivity index (χ0n) is 11.7. The van der Waals surface area contributed by atoms with Crippen LogP contribution in [0.15, 0.2) is 16.8 Å². The Labute approximate surface area is 115 Å². The summed E-state index contributed by atoms with van der Waals surface area (Å²) in [7, 11) is 2.54. The van der Waals surface area contributed by atoms with Gasteiger partial charge in [-0.15, -0.1) is 0 Å². The molecule has 1 nitrogen and oxygen atoms in total. The number of nitrogens with zero attached hydrogens (tertiary/aromatic N) is 1. The van der Waals surface area contributed by atoms with E-state index < -0.39 is 0 Å². The molecular formula is C16H26NS+. The molecule has 1 aromatic rings. The van der Waals surface area contributed by atoms with Gasteiger partial charge in [0.15, 0.2) is 0 Å². The number of piperidine rings is 1. The Morgan fingerprint density at radius 3 is 2.28 bits per heavy atom. The molecule has 1 aliphatic heterocycles. The molecule has 1 saturated carbocycles. The average molecular weight is 264 g/mol. The summed E-state index contributed by atoms with van der Waals surface area (Å²) in [5, 5.41) is 4.71. The minimum Gasteiger partial charge on any atom is -0.317 e. The van der Waals surface area contributed by atoms with Crippen molar-refractivity contribution >= 4 is 11.3 Å². The highest BCUT2D eigenvalue weighted by atomic mass is 32.1. The Morgan fingerprint density at radius 1 is 1.00 bits per heavy atom.